The first-order chi connectivity index (χ1) is 5.24. The van der Waals surface area contributed by atoms with Crippen molar-refractivity contribution in [1.82, 2.24) is 4.98 Å². The van der Waals surface area contributed by atoms with Crippen LogP contribution < -0.4 is 3.69 Å². The second kappa shape index (κ2) is 4.18. The van der Waals surface area contributed by atoms with Crippen molar-refractivity contribution < 1.29 is 8.78 Å². The highest BCUT2D eigenvalue weighted by Crippen LogP contribution is 2.13. The van der Waals surface area contributed by atoms with Gasteiger partial charge in [-0.15, -0.1) is 3.69 Å². The van der Waals surface area contributed by atoms with Gasteiger partial charge in [0, 0.05) is 6.20 Å². The van der Waals surface area contributed by atoms with Crippen LogP contribution >= 0.6 is 9.07 Å². The summed E-state index contributed by atoms with van der Waals surface area (Å²) in [4.78, 5) is 3.55. The predicted octanol–water partition coefficient (Wildman–Crippen LogP) is 1.50. The topological polar surface area (TPSA) is 12.9 Å². The van der Waals surface area contributed by atoms with E-state index in [2.05, 4.69) is 4.98 Å². The monoisotopic (exact) mass is 187 g/mol. The zero-order valence-corrected chi connectivity index (χ0v) is 7.77. The normalized spacial score (nSPS) is 9.82. The molecule has 0 fully saturated rings. The molecule has 0 spiro atoms. The van der Waals surface area contributed by atoms with E-state index in [-0.39, 0.29) is 5.69 Å². The van der Waals surface area contributed by atoms with Crippen LogP contribution in [0.3, 0.4) is 0 Å². The second-order valence-corrected chi connectivity index (χ2v) is 3.91. The van der Waals surface area contributed by atoms with Gasteiger partial charge in [0.15, 0.2) is 0 Å². The summed E-state index contributed by atoms with van der Waals surface area (Å²) < 4.78 is 24.7. The number of halogens is 3. The second-order valence-electron chi connectivity index (χ2n) is 2.03. The van der Waals surface area contributed by atoms with Crippen molar-refractivity contribution in [3.05, 3.63) is 24.0 Å². The summed E-state index contributed by atoms with van der Waals surface area (Å²) in [6, 6.07) is 2.92. The van der Waals surface area contributed by atoms with E-state index in [1.807, 2.05) is 0 Å². The Hall–Kier alpha value is 0.0662. The van der Waals surface area contributed by atoms with E-state index in [1.165, 1.54) is 12.3 Å². The van der Waals surface area contributed by atoms with Gasteiger partial charge in [-0.25, -0.2) is 8.78 Å². The number of hydrogen-bond acceptors (Lipinski definition) is 1. The Kier molecular flexibility index (Phi) is 3.48. The van der Waals surface area contributed by atoms with E-state index in [4.69, 9.17) is 9.07 Å². The maximum absolute atomic E-state index is 11.9. The zero-order chi connectivity index (χ0) is 8.27. The van der Waals surface area contributed by atoms with Gasteiger partial charge < -0.3 is 9.07 Å². The van der Waals surface area contributed by atoms with Crippen LogP contribution in [0.2, 0.25) is 0 Å². The third kappa shape index (κ3) is 2.54. The molecule has 1 rings (SSSR count). The smallest absolute Gasteiger partial charge is 0.336 e. The van der Waals surface area contributed by atoms with Gasteiger partial charge in [-0.1, -0.05) is 6.07 Å². The molecular weight excluding hydrogens is 184 g/mol. The highest BCUT2D eigenvalue weighted by atomic mass is 35.5. The fourth-order valence-corrected chi connectivity index (χ4v) is 1.49. The number of hydrogen-bond donors (Lipinski definition) is 0. The minimum Gasteiger partial charge on any atom is -0.336 e. The third-order valence-electron chi connectivity index (χ3n) is 1.23. The van der Waals surface area contributed by atoms with E-state index in [0.29, 0.717) is 0 Å². The van der Waals surface area contributed by atoms with Crippen LogP contribution in [0.1, 0.15) is 12.1 Å². The summed E-state index contributed by atoms with van der Waals surface area (Å²) >= 11 is -0.784. The Morgan fingerprint density at radius 3 is 2.55 bits per heavy atom. The van der Waals surface area contributed by atoms with Gasteiger partial charge in [0.25, 0.3) is 6.43 Å². The number of pyridine rings is 1. The fourth-order valence-electron chi connectivity index (χ4n) is 0.644. The molecule has 1 heterocycles. The van der Waals surface area contributed by atoms with Crippen molar-refractivity contribution >= 4 is 32.0 Å². The summed E-state index contributed by atoms with van der Waals surface area (Å²) in [6.45, 7) is 0. The molecule has 1 nitrogen and oxygen atoms in total. The molecule has 0 atom stereocenters. The molecule has 0 aliphatic carbocycles. The molecule has 0 unspecified atom stereocenters. The van der Waals surface area contributed by atoms with Crippen molar-refractivity contribution in [2.45, 2.75) is 6.43 Å². The van der Waals surface area contributed by atoms with Crippen LogP contribution in [-0.4, -0.2) is 24.2 Å². The SMILES string of the molecule is FC(F)c1cc[c]([Mg][Cl])cn1. The molecule has 0 aromatic carbocycles. The van der Waals surface area contributed by atoms with Gasteiger partial charge in [0.2, 0.25) is 0 Å². The lowest BCUT2D eigenvalue weighted by Gasteiger charge is -1.98. The van der Waals surface area contributed by atoms with Crippen LogP contribution in [0.5, 0.6) is 0 Å². The third-order valence-corrected chi connectivity index (χ3v) is 2.88. The lowest BCUT2D eigenvalue weighted by molar-refractivity contribution is 0.146. The first-order valence-corrected chi connectivity index (χ1v) is 5.87. The number of nitrogens with zero attached hydrogens (tertiary/aromatic N) is 1. The molecule has 0 saturated carbocycles. The summed E-state index contributed by atoms with van der Waals surface area (Å²) in [7, 11) is 5.57. The molecule has 0 aliphatic heterocycles. The van der Waals surface area contributed by atoms with E-state index in [1.54, 1.807) is 6.07 Å². The van der Waals surface area contributed by atoms with Crippen LogP contribution in [0.4, 0.5) is 8.78 Å². The van der Waals surface area contributed by atoms with Crippen molar-refractivity contribution in [2.24, 2.45) is 0 Å². The van der Waals surface area contributed by atoms with Crippen LogP contribution in [0, 0.1) is 0 Å². The first kappa shape index (κ1) is 9.16. The zero-order valence-electron chi connectivity index (χ0n) is 5.60. The van der Waals surface area contributed by atoms with Gasteiger partial charge in [0.05, 0.1) is 0 Å². The van der Waals surface area contributed by atoms with E-state index in [0.717, 1.165) is 3.69 Å². The lowest BCUT2D eigenvalue weighted by atomic mass is 10.4. The Balaban J connectivity index is 2.83. The molecule has 56 valence electrons. The van der Waals surface area contributed by atoms with Crippen LogP contribution in [0.15, 0.2) is 18.3 Å². The van der Waals surface area contributed by atoms with Gasteiger partial charge in [-0.05, 0) is 6.07 Å². The molecule has 0 bridgehead atoms. The largest absolute Gasteiger partial charge is 0.540 e. The van der Waals surface area contributed by atoms with E-state index >= 15 is 0 Å². The highest BCUT2D eigenvalue weighted by Gasteiger charge is 2.07. The van der Waals surface area contributed by atoms with Crippen molar-refractivity contribution in [2.75, 3.05) is 0 Å². The predicted molar refractivity (Wildman–Crippen MR) is 40.4 cm³/mol. The van der Waals surface area contributed by atoms with Crippen molar-refractivity contribution in [3.63, 3.8) is 0 Å². The molecule has 11 heavy (non-hydrogen) atoms. The van der Waals surface area contributed by atoms with Gasteiger partial charge in [0.1, 0.15) is 5.69 Å². The summed E-state index contributed by atoms with van der Waals surface area (Å²) in [5, 5.41) is 0. The summed E-state index contributed by atoms with van der Waals surface area (Å²) in [6.07, 6.45) is -1.07. The number of alkyl halides is 2. The van der Waals surface area contributed by atoms with Gasteiger partial charge in [-0.3, -0.25) is 4.98 Å². The Bertz CT molecular complexity index is 227. The molecule has 0 amide bonds. The average molecular weight is 188 g/mol. The first-order valence-electron chi connectivity index (χ1n) is 3.03. The lowest BCUT2D eigenvalue weighted by Crippen LogP contribution is -2.09. The van der Waals surface area contributed by atoms with Crippen LogP contribution in [-0.2, 0) is 0 Å². The molecule has 1 aromatic rings. The molecule has 0 saturated heterocycles. The van der Waals surface area contributed by atoms with Crippen molar-refractivity contribution in [1.29, 1.82) is 0 Å². The minimum absolute atomic E-state index is 0.187. The number of aromatic nitrogens is 1. The quantitative estimate of drug-likeness (QED) is 0.640. The molecule has 5 heteroatoms. The van der Waals surface area contributed by atoms with Gasteiger partial charge >= 0.3 is 19.3 Å². The minimum atomic E-state index is -2.49. The average Bonchev–Trinajstić information content (AvgIpc) is 2.05. The molecular formula is C6H4ClF2MgN. The molecule has 0 radical (unpaired) electrons. The molecule has 0 aliphatic rings. The Morgan fingerprint density at radius 2 is 2.18 bits per heavy atom. The maximum Gasteiger partial charge on any atom is 0.540 e. The highest BCUT2D eigenvalue weighted by molar-refractivity contribution is 7.01. The van der Waals surface area contributed by atoms with Crippen LogP contribution in [0.25, 0.3) is 0 Å². The Labute approximate surface area is 76.3 Å². The van der Waals surface area contributed by atoms with Gasteiger partial charge in [-0.2, -0.15) is 0 Å². The van der Waals surface area contributed by atoms with E-state index < -0.39 is 25.7 Å². The Morgan fingerprint density at radius 1 is 1.45 bits per heavy atom. The van der Waals surface area contributed by atoms with E-state index in [9.17, 15) is 8.78 Å². The summed E-state index contributed by atoms with van der Waals surface area (Å²) in [5.74, 6) is 0. The molecule has 0 N–H and O–H groups in total. The summed E-state index contributed by atoms with van der Waals surface area (Å²) in [5.41, 5.74) is -0.187. The fraction of sp³-hybridized carbons (Fsp3) is 0.167. The number of rotatable bonds is 2. The molecule has 1 aromatic heterocycles. The van der Waals surface area contributed by atoms with Crippen molar-refractivity contribution in [3.8, 4) is 0 Å². The standard InChI is InChI=1S/C6H4F2N.ClH.Mg/c7-6(8)5-3-1-2-4-9-5;;/h1,3-4,6H;1H;/q;;+1/p-1. The maximum atomic E-state index is 11.9.